The van der Waals surface area contributed by atoms with Crippen LogP contribution in [0.15, 0.2) is 4.36 Å². The molecule has 1 saturated carbocycles. The van der Waals surface area contributed by atoms with Crippen LogP contribution in [0.25, 0.3) is 0 Å². The summed E-state index contributed by atoms with van der Waals surface area (Å²) in [6, 6.07) is 0. The third-order valence-electron chi connectivity index (χ3n) is 1.81. The molecule has 1 aliphatic rings. The lowest BCUT2D eigenvalue weighted by Gasteiger charge is -2.01. The Balaban J connectivity index is 2.62. The van der Waals surface area contributed by atoms with Crippen molar-refractivity contribution >= 4 is 10.5 Å². The molecule has 1 rings (SSSR count). The maximum Gasteiger partial charge on any atom is 0.311 e. The smallest absolute Gasteiger partial charge is 0.165 e. The van der Waals surface area contributed by atoms with Gasteiger partial charge in [0.15, 0.2) is 0 Å². The first-order chi connectivity index (χ1) is 4.68. The van der Waals surface area contributed by atoms with Crippen molar-refractivity contribution in [1.82, 2.24) is 0 Å². The Morgan fingerprint density at radius 1 is 1.50 bits per heavy atom. The zero-order chi connectivity index (χ0) is 7.61. The summed E-state index contributed by atoms with van der Waals surface area (Å²) in [5.74, 6) is 0. The van der Waals surface area contributed by atoms with E-state index in [0.29, 0.717) is 0 Å². The summed E-state index contributed by atoms with van der Waals surface area (Å²) in [6.07, 6.45) is 3.84. The van der Waals surface area contributed by atoms with Crippen molar-refractivity contribution in [3.63, 3.8) is 0 Å². The van der Waals surface area contributed by atoms with Gasteiger partial charge in [0.2, 0.25) is 0 Å². The molecule has 0 atom stereocenters. The minimum absolute atomic E-state index is 0.165. The number of hydrogen-bond donors (Lipinski definition) is 0. The monoisotopic (exact) mass is 161 g/mol. The number of rotatable bonds is 3. The maximum atomic E-state index is 10.2. The number of hydrogen-bond acceptors (Lipinski definition) is 3. The normalized spacial score (nSPS) is 20.1. The highest BCUT2D eigenvalue weighted by atomic mass is 32.2. The Morgan fingerprint density at radius 3 is 2.40 bits per heavy atom. The Morgan fingerprint density at radius 2 is 2.10 bits per heavy atom. The first-order valence-electron chi connectivity index (χ1n) is 3.51. The molecule has 1 fully saturated rings. The van der Waals surface area contributed by atoms with Crippen molar-refractivity contribution in [2.24, 2.45) is 4.36 Å². The molecule has 0 saturated heterocycles. The molecular formula is C6H11NO2S. The van der Waals surface area contributed by atoms with Crippen molar-refractivity contribution in [2.75, 3.05) is 0 Å². The zero-order valence-corrected chi connectivity index (χ0v) is 6.82. The number of nitrogens with zero attached hydrogens (tertiary/aromatic N) is 1. The highest BCUT2D eigenvalue weighted by Crippen LogP contribution is 2.43. The molecule has 1 aliphatic carbocycles. The van der Waals surface area contributed by atoms with Crippen LogP contribution in [-0.4, -0.2) is 14.0 Å². The second-order valence-corrected chi connectivity index (χ2v) is 3.40. The van der Waals surface area contributed by atoms with Gasteiger partial charge in [-0.2, -0.15) is 12.8 Å². The van der Waals surface area contributed by atoms with Gasteiger partial charge in [0, 0.05) is 0 Å². The standard InChI is InChI=1S/C6H11NO2S/c1-2-3-6(4-5-6)7-10(8)9/h2-5H2,1H3. The molecule has 4 heteroatoms. The third kappa shape index (κ3) is 1.80. The van der Waals surface area contributed by atoms with Crippen LogP contribution in [0, 0.1) is 0 Å². The fourth-order valence-corrected chi connectivity index (χ4v) is 1.74. The van der Waals surface area contributed by atoms with Crippen LogP contribution in [0.3, 0.4) is 0 Å². The van der Waals surface area contributed by atoms with E-state index in [0.717, 1.165) is 25.7 Å². The summed E-state index contributed by atoms with van der Waals surface area (Å²) in [4.78, 5) is 0. The van der Waals surface area contributed by atoms with Crippen LogP contribution in [0.5, 0.6) is 0 Å². The summed E-state index contributed by atoms with van der Waals surface area (Å²) in [5, 5.41) is 0. The molecule has 0 N–H and O–H groups in total. The van der Waals surface area contributed by atoms with Crippen molar-refractivity contribution in [2.45, 2.75) is 38.1 Å². The van der Waals surface area contributed by atoms with Gasteiger partial charge in [-0.25, -0.2) is 0 Å². The lowest BCUT2D eigenvalue weighted by atomic mass is 10.1. The maximum absolute atomic E-state index is 10.2. The predicted molar refractivity (Wildman–Crippen MR) is 38.2 cm³/mol. The first-order valence-corrected chi connectivity index (χ1v) is 4.54. The lowest BCUT2D eigenvalue weighted by molar-refractivity contribution is 0.581. The van der Waals surface area contributed by atoms with Gasteiger partial charge in [-0.05, 0) is 19.3 Å². The highest BCUT2D eigenvalue weighted by Gasteiger charge is 2.42. The van der Waals surface area contributed by atoms with E-state index in [2.05, 4.69) is 4.36 Å². The van der Waals surface area contributed by atoms with Gasteiger partial charge in [-0.3, -0.25) is 0 Å². The summed E-state index contributed by atoms with van der Waals surface area (Å²) in [5.41, 5.74) is -0.165. The second-order valence-electron chi connectivity index (χ2n) is 2.78. The lowest BCUT2D eigenvalue weighted by Crippen LogP contribution is -2.01. The molecule has 0 amide bonds. The molecule has 0 aliphatic heterocycles. The van der Waals surface area contributed by atoms with E-state index in [1.54, 1.807) is 0 Å². The SMILES string of the molecule is CCCC1(N=S(=O)=O)CC1. The van der Waals surface area contributed by atoms with Crippen LogP contribution >= 0.6 is 0 Å². The fraction of sp³-hybridized carbons (Fsp3) is 1.00. The molecule has 0 aromatic carbocycles. The molecule has 0 aromatic heterocycles. The average Bonchev–Trinajstić information content (AvgIpc) is 2.47. The zero-order valence-electron chi connectivity index (χ0n) is 6.00. The van der Waals surface area contributed by atoms with E-state index >= 15 is 0 Å². The Hall–Kier alpha value is -0.380. The van der Waals surface area contributed by atoms with Gasteiger partial charge in [0.25, 0.3) is 0 Å². The summed E-state index contributed by atoms with van der Waals surface area (Å²) in [6.45, 7) is 2.04. The van der Waals surface area contributed by atoms with Gasteiger partial charge >= 0.3 is 10.5 Å². The highest BCUT2D eigenvalue weighted by molar-refractivity contribution is 7.61. The Bertz CT molecular complexity index is 230. The molecule has 10 heavy (non-hydrogen) atoms. The van der Waals surface area contributed by atoms with Crippen molar-refractivity contribution < 1.29 is 8.42 Å². The molecule has 0 spiro atoms. The van der Waals surface area contributed by atoms with Gasteiger partial charge in [0.05, 0.1) is 5.54 Å². The van der Waals surface area contributed by atoms with E-state index in [1.165, 1.54) is 0 Å². The molecule has 0 heterocycles. The third-order valence-corrected chi connectivity index (χ3v) is 2.35. The van der Waals surface area contributed by atoms with Crippen LogP contribution in [0.4, 0.5) is 0 Å². The van der Waals surface area contributed by atoms with E-state index in [1.807, 2.05) is 6.92 Å². The molecule has 0 radical (unpaired) electrons. The largest absolute Gasteiger partial charge is 0.311 e. The molecule has 0 bridgehead atoms. The van der Waals surface area contributed by atoms with Crippen molar-refractivity contribution in [1.29, 1.82) is 0 Å². The van der Waals surface area contributed by atoms with Gasteiger partial charge in [-0.1, -0.05) is 13.3 Å². The van der Waals surface area contributed by atoms with Crippen molar-refractivity contribution in [3.05, 3.63) is 0 Å². The second kappa shape index (κ2) is 2.70. The summed E-state index contributed by atoms with van der Waals surface area (Å²) < 4.78 is 24.0. The van der Waals surface area contributed by atoms with Gasteiger partial charge in [-0.15, -0.1) is 0 Å². The molecular weight excluding hydrogens is 150 g/mol. The van der Waals surface area contributed by atoms with E-state index < -0.39 is 10.5 Å². The van der Waals surface area contributed by atoms with Crippen LogP contribution in [0.2, 0.25) is 0 Å². The fourth-order valence-electron chi connectivity index (χ4n) is 1.15. The topological polar surface area (TPSA) is 46.5 Å². The first kappa shape index (κ1) is 7.72. The van der Waals surface area contributed by atoms with E-state index in [-0.39, 0.29) is 5.54 Å². The summed E-state index contributed by atoms with van der Waals surface area (Å²) in [7, 11) is -2.20. The minimum atomic E-state index is -2.20. The van der Waals surface area contributed by atoms with Crippen molar-refractivity contribution in [3.8, 4) is 0 Å². The van der Waals surface area contributed by atoms with Crippen LogP contribution < -0.4 is 0 Å². The minimum Gasteiger partial charge on any atom is -0.165 e. The Kier molecular flexibility index (Phi) is 2.08. The van der Waals surface area contributed by atoms with Crippen LogP contribution in [-0.2, 0) is 10.5 Å². The van der Waals surface area contributed by atoms with Gasteiger partial charge in [0.1, 0.15) is 0 Å². The van der Waals surface area contributed by atoms with E-state index in [9.17, 15) is 8.42 Å². The quantitative estimate of drug-likeness (QED) is 0.627. The van der Waals surface area contributed by atoms with Crippen LogP contribution in [0.1, 0.15) is 32.6 Å². The van der Waals surface area contributed by atoms with Gasteiger partial charge < -0.3 is 0 Å². The molecule has 0 aromatic rings. The molecule has 58 valence electrons. The summed E-state index contributed by atoms with van der Waals surface area (Å²) >= 11 is 0. The molecule has 3 nitrogen and oxygen atoms in total. The molecule has 0 unspecified atom stereocenters. The average molecular weight is 161 g/mol. The predicted octanol–water partition coefficient (Wildman–Crippen LogP) is 1.38. The van der Waals surface area contributed by atoms with E-state index in [4.69, 9.17) is 0 Å². The Labute approximate surface area is 62.2 Å².